The van der Waals surface area contributed by atoms with Crippen LogP contribution in [0.1, 0.15) is 10.4 Å². The van der Waals surface area contributed by atoms with Crippen molar-refractivity contribution >= 4 is 23.2 Å². The Labute approximate surface area is 161 Å². The third-order valence-electron chi connectivity index (χ3n) is 4.22. The molecule has 0 unspecified atom stereocenters. The number of amides is 1. The first-order valence-electron chi connectivity index (χ1n) is 8.48. The summed E-state index contributed by atoms with van der Waals surface area (Å²) in [5.74, 6) is -0.220. The van der Waals surface area contributed by atoms with Crippen molar-refractivity contribution < 1.29 is 4.79 Å². The molecule has 0 fully saturated rings. The zero-order chi connectivity index (χ0) is 18.6. The van der Waals surface area contributed by atoms with Crippen LogP contribution in [0.4, 0.5) is 5.69 Å². The molecule has 1 heterocycles. The Morgan fingerprint density at radius 3 is 2.04 bits per heavy atom. The molecule has 2 N–H and O–H groups in total. The van der Waals surface area contributed by atoms with Gasteiger partial charge >= 0.3 is 0 Å². The monoisotopic (exact) mass is 373 g/mol. The van der Waals surface area contributed by atoms with Crippen LogP contribution in [0.25, 0.3) is 22.5 Å². The highest BCUT2D eigenvalue weighted by atomic mass is 35.5. The van der Waals surface area contributed by atoms with E-state index in [0.717, 1.165) is 16.8 Å². The lowest BCUT2D eigenvalue weighted by atomic mass is 10.1. The van der Waals surface area contributed by atoms with Crippen molar-refractivity contribution in [2.45, 2.75) is 0 Å². The van der Waals surface area contributed by atoms with Crippen LogP contribution in [0.3, 0.4) is 0 Å². The summed E-state index contributed by atoms with van der Waals surface area (Å²) < 4.78 is 0. The Balaban J connectivity index is 1.78. The van der Waals surface area contributed by atoms with E-state index < -0.39 is 0 Å². The Morgan fingerprint density at radius 2 is 1.41 bits per heavy atom. The number of H-pyrrole nitrogens is 1. The molecule has 0 atom stereocenters. The van der Waals surface area contributed by atoms with Crippen LogP contribution in [0.2, 0.25) is 5.02 Å². The van der Waals surface area contributed by atoms with Crippen LogP contribution in [-0.2, 0) is 0 Å². The zero-order valence-corrected chi connectivity index (χ0v) is 15.1. The van der Waals surface area contributed by atoms with Gasteiger partial charge in [0.05, 0.1) is 11.4 Å². The molecule has 3 aromatic carbocycles. The van der Waals surface area contributed by atoms with Gasteiger partial charge in [0.1, 0.15) is 5.69 Å². The van der Waals surface area contributed by atoms with Gasteiger partial charge in [-0.3, -0.25) is 9.89 Å². The second-order valence-electron chi connectivity index (χ2n) is 6.02. The fourth-order valence-corrected chi connectivity index (χ4v) is 3.00. The first kappa shape index (κ1) is 17.1. The molecule has 0 aliphatic carbocycles. The van der Waals surface area contributed by atoms with Crippen LogP contribution < -0.4 is 5.32 Å². The number of benzene rings is 3. The number of carbonyl (C=O) groups is 1. The van der Waals surface area contributed by atoms with E-state index in [-0.39, 0.29) is 5.91 Å². The van der Waals surface area contributed by atoms with Crippen molar-refractivity contribution in [3.8, 4) is 22.5 Å². The van der Waals surface area contributed by atoms with Crippen molar-refractivity contribution in [1.29, 1.82) is 0 Å². The smallest absolute Gasteiger partial charge is 0.255 e. The Hall–Kier alpha value is -3.37. The number of hydrogen-bond acceptors (Lipinski definition) is 2. The first-order chi connectivity index (χ1) is 13.2. The van der Waals surface area contributed by atoms with Gasteiger partial charge in [0.15, 0.2) is 0 Å². The molecule has 1 aromatic heterocycles. The van der Waals surface area contributed by atoms with Gasteiger partial charge in [-0.05, 0) is 24.3 Å². The van der Waals surface area contributed by atoms with E-state index in [1.807, 2.05) is 60.7 Å². The summed E-state index contributed by atoms with van der Waals surface area (Å²) in [7, 11) is 0. The standard InChI is InChI=1S/C22H16ClN3O/c23-18-13-11-17(12-14-18)22(27)24-21-19(15-7-3-1-4-8-15)25-26-20(21)16-9-5-2-6-10-16/h1-14H,(H,24,27)(H,25,26). The molecule has 4 nitrogen and oxygen atoms in total. The molecule has 4 rings (SSSR count). The number of halogens is 1. The van der Waals surface area contributed by atoms with E-state index in [2.05, 4.69) is 15.5 Å². The highest BCUT2D eigenvalue weighted by molar-refractivity contribution is 6.30. The molecule has 27 heavy (non-hydrogen) atoms. The van der Waals surface area contributed by atoms with Crippen molar-refractivity contribution in [1.82, 2.24) is 10.2 Å². The molecule has 132 valence electrons. The molecule has 0 spiro atoms. The normalized spacial score (nSPS) is 10.6. The molecule has 0 saturated carbocycles. The number of rotatable bonds is 4. The van der Waals surface area contributed by atoms with E-state index in [4.69, 9.17) is 11.6 Å². The minimum Gasteiger partial charge on any atom is -0.318 e. The molecular formula is C22H16ClN3O. The number of nitrogens with one attached hydrogen (secondary N) is 2. The highest BCUT2D eigenvalue weighted by Crippen LogP contribution is 2.35. The second-order valence-corrected chi connectivity index (χ2v) is 6.45. The zero-order valence-electron chi connectivity index (χ0n) is 14.3. The molecule has 0 bridgehead atoms. The van der Waals surface area contributed by atoms with Crippen molar-refractivity contribution in [2.24, 2.45) is 0 Å². The average molecular weight is 374 g/mol. The summed E-state index contributed by atoms with van der Waals surface area (Å²) in [6, 6.07) is 26.3. The lowest BCUT2D eigenvalue weighted by Gasteiger charge is -2.09. The summed E-state index contributed by atoms with van der Waals surface area (Å²) >= 11 is 5.92. The Morgan fingerprint density at radius 1 is 0.815 bits per heavy atom. The number of aromatic amines is 1. The molecule has 0 aliphatic heterocycles. The molecule has 0 radical (unpaired) electrons. The van der Waals surface area contributed by atoms with E-state index in [9.17, 15) is 4.79 Å². The SMILES string of the molecule is O=C(Nc1c(-c2ccccc2)n[nH]c1-c1ccccc1)c1ccc(Cl)cc1. The number of carbonyl (C=O) groups excluding carboxylic acids is 1. The van der Waals surface area contributed by atoms with Crippen LogP contribution in [0.15, 0.2) is 84.9 Å². The minimum atomic E-state index is -0.220. The highest BCUT2D eigenvalue weighted by Gasteiger charge is 2.19. The van der Waals surface area contributed by atoms with Crippen LogP contribution >= 0.6 is 11.6 Å². The summed E-state index contributed by atoms with van der Waals surface area (Å²) in [5, 5.41) is 11.1. The molecule has 4 aromatic rings. The largest absolute Gasteiger partial charge is 0.318 e. The third-order valence-corrected chi connectivity index (χ3v) is 4.47. The van der Waals surface area contributed by atoms with Crippen LogP contribution in [0.5, 0.6) is 0 Å². The minimum absolute atomic E-state index is 0.220. The van der Waals surface area contributed by atoms with E-state index in [1.165, 1.54) is 0 Å². The maximum absolute atomic E-state index is 12.8. The summed E-state index contributed by atoms with van der Waals surface area (Å²) in [6.45, 7) is 0. The predicted octanol–water partition coefficient (Wildman–Crippen LogP) is 5.65. The fourth-order valence-electron chi connectivity index (χ4n) is 2.87. The van der Waals surface area contributed by atoms with E-state index in [1.54, 1.807) is 24.3 Å². The summed E-state index contributed by atoms with van der Waals surface area (Å²) in [5.41, 5.74) is 4.49. The third kappa shape index (κ3) is 3.61. The molecule has 1 amide bonds. The molecular weight excluding hydrogens is 358 g/mol. The second kappa shape index (κ2) is 7.48. The average Bonchev–Trinajstić information content (AvgIpc) is 3.13. The lowest BCUT2D eigenvalue weighted by molar-refractivity contribution is 0.102. The summed E-state index contributed by atoms with van der Waals surface area (Å²) in [4.78, 5) is 12.8. The lowest BCUT2D eigenvalue weighted by Crippen LogP contribution is -2.12. The summed E-state index contributed by atoms with van der Waals surface area (Å²) in [6.07, 6.45) is 0. The van der Waals surface area contributed by atoms with Gasteiger partial charge < -0.3 is 5.32 Å². The molecule has 5 heteroatoms. The number of nitrogens with zero attached hydrogens (tertiary/aromatic N) is 1. The van der Waals surface area contributed by atoms with Crippen LogP contribution in [0, 0.1) is 0 Å². The van der Waals surface area contributed by atoms with Gasteiger partial charge in [-0.25, -0.2) is 0 Å². The topological polar surface area (TPSA) is 57.8 Å². The van der Waals surface area contributed by atoms with Gasteiger partial charge in [-0.2, -0.15) is 5.10 Å². The van der Waals surface area contributed by atoms with Gasteiger partial charge in [0.25, 0.3) is 5.91 Å². The fraction of sp³-hybridized carbons (Fsp3) is 0. The molecule has 0 saturated heterocycles. The first-order valence-corrected chi connectivity index (χ1v) is 8.86. The Bertz CT molecular complexity index is 1000. The van der Waals surface area contributed by atoms with Gasteiger partial charge in [0, 0.05) is 21.7 Å². The van der Waals surface area contributed by atoms with Crippen molar-refractivity contribution in [2.75, 3.05) is 5.32 Å². The van der Waals surface area contributed by atoms with Crippen LogP contribution in [-0.4, -0.2) is 16.1 Å². The number of hydrogen-bond donors (Lipinski definition) is 2. The van der Waals surface area contributed by atoms with Crippen molar-refractivity contribution in [3.63, 3.8) is 0 Å². The van der Waals surface area contributed by atoms with E-state index in [0.29, 0.717) is 22.0 Å². The Kier molecular flexibility index (Phi) is 4.73. The van der Waals surface area contributed by atoms with E-state index >= 15 is 0 Å². The van der Waals surface area contributed by atoms with Crippen molar-refractivity contribution in [3.05, 3.63) is 95.5 Å². The van der Waals surface area contributed by atoms with Gasteiger partial charge in [0.2, 0.25) is 0 Å². The number of anilines is 1. The quantitative estimate of drug-likeness (QED) is 0.485. The van der Waals surface area contributed by atoms with Gasteiger partial charge in [-0.1, -0.05) is 72.3 Å². The van der Waals surface area contributed by atoms with Gasteiger partial charge in [-0.15, -0.1) is 0 Å². The maximum Gasteiger partial charge on any atom is 0.255 e. The maximum atomic E-state index is 12.8. The predicted molar refractivity (Wildman–Crippen MR) is 109 cm³/mol. The number of aromatic nitrogens is 2. The molecule has 0 aliphatic rings.